The molecule has 0 aromatic heterocycles. The van der Waals surface area contributed by atoms with Crippen molar-refractivity contribution in [1.82, 2.24) is 4.90 Å². The summed E-state index contributed by atoms with van der Waals surface area (Å²) in [5, 5.41) is 17.5. The maximum atomic E-state index is 11.9. The van der Waals surface area contributed by atoms with Crippen LogP contribution in [0.2, 0.25) is 0 Å². The monoisotopic (exact) mass is 283 g/mol. The third kappa shape index (κ3) is 6.26. The molecule has 0 saturated heterocycles. The third-order valence-corrected chi connectivity index (χ3v) is 3.29. The molecule has 1 aromatic carbocycles. The molecule has 5 nitrogen and oxygen atoms in total. The maximum Gasteiger partial charge on any atom is 0.313 e. The molecule has 0 fully saturated rings. The zero-order chi connectivity index (χ0) is 14.1. The second kappa shape index (κ2) is 8.55. The molecule has 0 aliphatic heterocycles. The van der Waals surface area contributed by atoms with Crippen LogP contribution in [-0.4, -0.2) is 51.6 Å². The quantitative estimate of drug-likeness (QED) is 0.739. The molecule has 0 saturated carbocycles. The molecule has 104 valence electrons. The van der Waals surface area contributed by atoms with E-state index >= 15 is 0 Å². The van der Waals surface area contributed by atoms with E-state index in [-0.39, 0.29) is 30.6 Å². The zero-order valence-electron chi connectivity index (χ0n) is 10.5. The van der Waals surface area contributed by atoms with Crippen LogP contribution in [0.5, 0.6) is 0 Å². The Balaban J connectivity index is 2.51. The summed E-state index contributed by atoms with van der Waals surface area (Å²) < 4.78 is 0. The van der Waals surface area contributed by atoms with Crippen molar-refractivity contribution in [2.24, 2.45) is 0 Å². The molecule has 0 radical (unpaired) electrons. The van der Waals surface area contributed by atoms with Gasteiger partial charge in [-0.15, -0.1) is 11.8 Å². The number of carboxylic acid groups (broad SMARTS) is 1. The number of carbonyl (C=O) groups excluding carboxylic acids is 1. The Labute approximate surface area is 116 Å². The Morgan fingerprint density at radius 2 is 1.84 bits per heavy atom. The lowest BCUT2D eigenvalue weighted by molar-refractivity contribution is -0.133. The number of rotatable bonds is 8. The van der Waals surface area contributed by atoms with Gasteiger partial charge in [0.2, 0.25) is 5.91 Å². The van der Waals surface area contributed by atoms with Crippen molar-refractivity contribution in [3.8, 4) is 0 Å². The average Bonchev–Trinajstić information content (AvgIpc) is 2.39. The lowest BCUT2D eigenvalue weighted by atomic mass is 10.2. The zero-order valence-corrected chi connectivity index (χ0v) is 11.3. The van der Waals surface area contributed by atoms with E-state index in [1.54, 1.807) is 0 Å². The number of hydrogen-bond donors (Lipinski definition) is 2. The van der Waals surface area contributed by atoms with Gasteiger partial charge in [-0.05, 0) is 5.56 Å². The van der Waals surface area contributed by atoms with Crippen LogP contribution in [0, 0.1) is 0 Å². The van der Waals surface area contributed by atoms with Crippen LogP contribution in [-0.2, 0) is 16.1 Å². The normalized spacial score (nSPS) is 10.2. The molecule has 2 N–H and O–H groups in total. The van der Waals surface area contributed by atoms with Gasteiger partial charge < -0.3 is 15.1 Å². The maximum absolute atomic E-state index is 11.9. The first kappa shape index (κ1) is 15.5. The van der Waals surface area contributed by atoms with Gasteiger partial charge in [-0.3, -0.25) is 9.59 Å². The number of amides is 1. The summed E-state index contributed by atoms with van der Waals surface area (Å²) in [5.74, 6) is -1.08. The molecule has 0 heterocycles. The number of carboxylic acids is 1. The lowest BCUT2D eigenvalue weighted by Gasteiger charge is -2.21. The lowest BCUT2D eigenvalue weighted by Crippen LogP contribution is -2.34. The standard InChI is InChI=1S/C13H17NO4S/c15-7-6-14(8-11-4-2-1-3-5-11)12(16)9-19-10-13(17)18/h1-5,15H,6-10H2,(H,17,18). The van der Waals surface area contributed by atoms with Gasteiger partial charge in [0.15, 0.2) is 0 Å². The molecular weight excluding hydrogens is 266 g/mol. The summed E-state index contributed by atoms with van der Waals surface area (Å²) in [6.07, 6.45) is 0. The van der Waals surface area contributed by atoms with E-state index in [1.165, 1.54) is 4.90 Å². The molecule has 0 unspecified atom stereocenters. The second-order valence-electron chi connectivity index (χ2n) is 3.91. The van der Waals surface area contributed by atoms with Crippen LogP contribution >= 0.6 is 11.8 Å². The Morgan fingerprint density at radius 1 is 1.16 bits per heavy atom. The fourth-order valence-corrected chi connectivity index (χ4v) is 2.17. The summed E-state index contributed by atoms with van der Waals surface area (Å²) in [7, 11) is 0. The predicted molar refractivity (Wildman–Crippen MR) is 73.9 cm³/mol. The number of hydrogen-bond acceptors (Lipinski definition) is 4. The van der Waals surface area contributed by atoms with Crippen LogP contribution in [0.1, 0.15) is 5.56 Å². The highest BCUT2D eigenvalue weighted by Crippen LogP contribution is 2.08. The predicted octanol–water partition coefficient (Wildman–Crippen LogP) is 0.825. The molecule has 0 atom stereocenters. The number of carbonyl (C=O) groups is 2. The number of nitrogens with zero attached hydrogens (tertiary/aromatic N) is 1. The molecule has 0 spiro atoms. The van der Waals surface area contributed by atoms with Crippen molar-refractivity contribution >= 4 is 23.6 Å². The summed E-state index contributed by atoms with van der Waals surface area (Å²) in [6.45, 7) is 0.567. The summed E-state index contributed by atoms with van der Waals surface area (Å²) in [4.78, 5) is 23.8. The Kier molecular flexibility index (Phi) is 6.99. The fraction of sp³-hybridized carbons (Fsp3) is 0.385. The van der Waals surface area contributed by atoms with Crippen molar-refractivity contribution in [2.45, 2.75) is 6.54 Å². The minimum absolute atomic E-state index is 0.0932. The smallest absolute Gasteiger partial charge is 0.313 e. The van der Waals surface area contributed by atoms with Gasteiger partial charge in [0, 0.05) is 13.1 Å². The van der Waals surface area contributed by atoms with Crippen LogP contribution in [0.4, 0.5) is 0 Å². The van der Waals surface area contributed by atoms with E-state index in [1.807, 2.05) is 30.3 Å². The van der Waals surface area contributed by atoms with Gasteiger partial charge in [-0.2, -0.15) is 0 Å². The SMILES string of the molecule is O=C(O)CSCC(=O)N(CCO)Cc1ccccc1. The highest BCUT2D eigenvalue weighted by molar-refractivity contribution is 8.00. The first-order valence-corrected chi connectivity index (χ1v) is 7.01. The topological polar surface area (TPSA) is 77.8 Å². The van der Waals surface area contributed by atoms with E-state index in [2.05, 4.69) is 0 Å². The van der Waals surface area contributed by atoms with Gasteiger partial charge in [0.05, 0.1) is 18.1 Å². The molecule has 1 aromatic rings. The molecule has 1 rings (SSSR count). The van der Waals surface area contributed by atoms with Crippen LogP contribution < -0.4 is 0 Å². The largest absolute Gasteiger partial charge is 0.481 e. The highest BCUT2D eigenvalue weighted by atomic mass is 32.2. The molecule has 6 heteroatoms. The number of thioether (sulfide) groups is 1. The molecule has 1 amide bonds. The van der Waals surface area contributed by atoms with Crippen LogP contribution in [0.3, 0.4) is 0 Å². The Bertz CT molecular complexity index is 410. The van der Waals surface area contributed by atoms with E-state index < -0.39 is 5.97 Å². The number of aliphatic hydroxyl groups is 1. The Morgan fingerprint density at radius 3 is 2.42 bits per heavy atom. The van der Waals surface area contributed by atoms with Crippen molar-refractivity contribution in [1.29, 1.82) is 0 Å². The fourth-order valence-electron chi connectivity index (χ4n) is 1.53. The molecule has 0 aliphatic carbocycles. The highest BCUT2D eigenvalue weighted by Gasteiger charge is 2.14. The molecule has 0 aliphatic rings. The van der Waals surface area contributed by atoms with Crippen LogP contribution in [0.25, 0.3) is 0 Å². The molecule has 19 heavy (non-hydrogen) atoms. The van der Waals surface area contributed by atoms with Crippen molar-refractivity contribution in [3.63, 3.8) is 0 Å². The third-order valence-electron chi connectivity index (χ3n) is 2.39. The van der Waals surface area contributed by atoms with Gasteiger partial charge in [0.25, 0.3) is 0 Å². The summed E-state index contributed by atoms with van der Waals surface area (Å²) >= 11 is 1.06. The number of benzene rings is 1. The van der Waals surface area contributed by atoms with Crippen molar-refractivity contribution in [3.05, 3.63) is 35.9 Å². The summed E-state index contributed by atoms with van der Waals surface area (Å²) in [5.41, 5.74) is 0.979. The van der Waals surface area contributed by atoms with Crippen molar-refractivity contribution in [2.75, 3.05) is 24.7 Å². The number of aliphatic hydroxyl groups excluding tert-OH is 1. The summed E-state index contributed by atoms with van der Waals surface area (Å²) in [6, 6.07) is 9.47. The van der Waals surface area contributed by atoms with E-state index in [0.717, 1.165) is 17.3 Å². The molecule has 0 bridgehead atoms. The minimum atomic E-state index is -0.936. The van der Waals surface area contributed by atoms with Gasteiger partial charge in [-0.25, -0.2) is 0 Å². The Hall–Kier alpha value is -1.53. The van der Waals surface area contributed by atoms with Crippen LogP contribution in [0.15, 0.2) is 30.3 Å². The van der Waals surface area contributed by atoms with E-state index in [4.69, 9.17) is 10.2 Å². The number of aliphatic carboxylic acids is 1. The second-order valence-corrected chi connectivity index (χ2v) is 4.90. The first-order valence-electron chi connectivity index (χ1n) is 5.85. The average molecular weight is 283 g/mol. The van der Waals surface area contributed by atoms with Gasteiger partial charge in [-0.1, -0.05) is 30.3 Å². The molecular formula is C13H17NO4S. The first-order chi connectivity index (χ1) is 9.13. The minimum Gasteiger partial charge on any atom is -0.481 e. The van der Waals surface area contributed by atoms with E-state index in [9.17, 15) is 9.59 Å². The van der Waals surface area contributed by atoms with Gasteiger partial charge >= 0.3 is 5.97 Å². The van der Waals surface area contributed by atoms with E-state index in [0.29, 0.717) is 6.54 Å². The van der Waals surface area contributed by atoms with Gasteiger partial charge in [0.1, 0.15) is 0 Å². The van der Waals surface area contributed by atoms with Crippen molar-refractivity contribution < 1.29 is 19.8 Å².